The summed E-state index contributed by atoms with van der Waals surface area (Å²) in [5.74, 6) is 0. The van der Waals surface area contributed by atoms with Crippen LogP contribution in [0.3, 0.4) is 0 Å². The van der Waals surface area contributed by atoms with Crippen LogP contribution in [0.4, 0.5) is 0 Å². The fourth-order valence-corrected chi connectivity index (χ4v) is 2.84. The van der Waals surface area contributed by atoms with E-state index in [2.05, 4.69) is 33.0 Å². The molecule has 1 aromatic heterocycles. The highest BCUT2D eigenvalue weighted by Crippen LogP contribution is 2.33. The number of thiazole rings is 1. The molecule has 2 rings (SSSR count). The molecule has 2 N–H and O–H groups in total. The Morgan fingerprint density at radius 3 is 2.57 bits per heavy atom. The van der Waals surface area contributed by atoms with Crippen LogP contribution in [0.2, 0.25) is 0 Å². The molecule has 0 saturated carbocycles. The first-order valence-corrected chi connectivity index (χ1v) is 5.83. The smallest absolute Gasteiger partial charge is 0.125 e. The van der Waals surface area contributed by atoms with Crippen molar-refractivity contribution in [1.82, 2.24) is 4.98 Å². The minimum atomic E-state index is 0.496. The molecule has 4 heteroatoms. The second kappa shape index (κ2) is 4.21. The van der Waals surface area contributed by atoms with Gasteiger partial charge in [-0.25, -0.2) is 4.98 Å². The van der Waals surface area contributed by atoms with Gasteiger partial charge in [0.15, 0.2) is 0 Å². The van der Waals surface area contributed by atoms with Gasteiger partial charge in [-0.1, -0.05) is 30.3 Å². The lowest BCUT2D eigenvalue weighted by molar-refractivity contribution is 1.03. The molecule has 0 bridgehead atoms. The molecule has 0 aliphatic heterocycles. The van der Waals surface area contributed by atoms with E-state index in [1.54, 1.807) is 11.3 Å². The molecule has 1 heterocycles. The van der Waals surface area contributed by atoms with Crippen molar-refractivity contribution in [1.29, 1.82) is 0 Å². The number of hydrogen-bond donors (Lipinski definition) is 1. The lowest BCUT2D eigenvalue weighted by Crippen LogP contribution is -1.93. The maximum absolute atomic E-state index is 5.54. The van der Waals surface area contributed by atoms with E-state index in [-0.39, 0.29) is 0 Å². The van der Waals surface area contributed by atoms with Crippen molar-refractivity contribution in [3.8, 4) is 10.4 Å². The van der Waals surface area contributed by atoms with Crippen molar-refractivity contribution in [2.45, 2.75) is 6.54 Å². The predicted octanol–water partition coefficient (Wildman–Crippen LogP) is 3.03. The van der Waals surface area contributed by atoms with Crippen molar-refractivity contribution in [2.24, 2.45) is 5.73 Å². The van der Waals surface area contributed by atoms with E-state index in [0.717, 1.165) is 14.5 Å². The van der Waals surface area contributed by atoms with Crippen LogP contribution in [0.5, 0.6) is 0 Å². The third-order valence-corrected chi connectivity index (χ3v) is 3.80. The number of halogens is 1. The van der Waals surface area contributed by atoms with Crippen molar-refractivity contribution >= 4 is 27.3 Å². The van der Waals surface area contributed by atoms with Gasteiger partial charge in [0.05, 0.1) is 4.88 Å². The van der Waals surface area contributed by atoms with Crippen LogP contribution < -0.4 is 5.73 Å². The zero-order chi connectivity index (χ0) is 9.97. The Bertz CT molecular complexity index is 425. The number of benzene rings is 1. The summed E-state index contributed by atoms with van der Waals surface area (Å²) in [5.41, 5.74) is 6.71. The van der Waals surface area contributed by atoms with Crippen molar-refractivity contribution < 1.29 is 0 Å². The monoisotopic (exact) mass is 268 g/mol. The van der Waals surface area contributed by atoms with Crippen LogP contribution >= 0.6 is 27.3 Å². The summed E-state index contributed by atoms with van der Waals surface area (Å²) < 4.78 is 0.883. The molecule has 0 aliphatic carbocycles. The van der Waals surface area contributed by atoms with Gasteiger partial charge in [0.25, 0.3) is 0 Å². The van der Waals surface area contributed by atoms with E-state index in [0.29, 0.717) is 6.54 Å². The average molecular weight is 269 g/mol. The van der Waals surface area contributed by atoms with Crippen LogP contribution in [-0.2, 0) is 6.54 Å². The fraction of sp³-hybridized carbons (Fsp3) is 0.100. The first kappa shape index (κ1) is 9.83. The summed E-state index contributed by atoms with van der Waals surface area (Å²) in [6, 6.07) is 10.2. The Morgan fingerprint density at radius 1 is 1.29 bits per heavy atom. The second-order valence-corrected chi connectivity index (χ2v) is 4.63. The third-order valence-electron chi connectivity index (χ3n) is 1.84. The quantitative estimate of drug-likeness (QED) is 0.910. The molecular weight excluding hydrogens is 260 g/mol. The highest BCUT2D eigenvalue weighted by molar-refractivity contribution is 9.10. The molecule has 0 aliphatic rings. The summed E-state index contributed by atoms with van der Waals surface area (Å²) in [4.78, 5) is 5.46. The molecule has 0 radical (unpaired) electrons. The molecule has 0 fully saturated rings. The summed E-state index contributed by atoms with van der Waals surface area (Å²) in [7, 11) is 0. The van der Waals surface area contributed by atoms with Crippen molar-refractivity contribution in [2.75, 3.05) is 0 Å². The Hall–Kier alpha value is -0.710. The van der Waals surface area contributed by atoms with E-state index in [9.17, 15) is 0 Å². The summed E-state index contributed by atoms with van der Waals surface area (Å²) in [6.07, 6.45) is 0. The van der Waals surface area contributed by atoms with E-state index < -0.39 is 0 Å². The molecule has 14 heavy (non-hydrogen) atoms. The van der Waals surface area contributed by atoms with Gasteiger partial charge in [0.2, 0.25) is 0 Å². The molecular formula is C10H9BrN2S. The molecule has 0 spiro atoms. The molecule has 1 aromatic carbocycles. The Balaban J connectivity index is 2.46. The summed E-state index contributed by atoms with van der Waals surface area (Å²) in [6.45, 7) is 0.496. The van der Waals surface area contributed by atoms with Gasteiger partial charge in [-0.3, -0.25) is 0 Å². The van der Waals surface area contributed by atoms with Crippen LogP contribution in [0, 0.1) is 0 Å². The molecule has 0 atom stereocenters. The SMILES string of the molecule is NCc1nc(Br)c(-c2ccccc2)s1. The Kier molecular flexibility index (Phi) is 2.96. The van der Waals surface area contributed by atoms with Crippen LogP contribution in [0.15, 0.2) is 34.9 Å². The molecule has 0 unspecified atom stereocenters. The number of nitrogens with zero attached hydrogens (tertiary/aromatic N) is 1. The number of rotatable bonds is 2. The minimum absolute atomic E-state index is 0.496. The second-order valence-electron chi connectivity index (χ2n) is 2.80. The third kappa shape index (κ3) is 1.87. The van der Waals surface area contributed by atoms with Gasteiger partial charge in [-0.15, -0.1) is 11.3 Å². The lowest BCUT2D eigenvalue weighted by atomic mass is 10.2. The number of nitrogens with two attached hydrogens (primary N) is 1. The standard InChI is InChI=1S/C10H9BrN2S/c11-10-9(14-8(6-12)13-10)7-4-2-1-3-5-7/h1-5H,6,12H2. The predicted molar refractivity (Wildman–Crippen MR) is 63.1 cm³/mol. The van der Waals surface area contributed by atoms with Crippen molar-refractivity contribution in [3.05, 3.63) is 39.9 Å². The Labute approximate surface area is 94.9 Å². The van der Waals surface area contributed by atoms with Gasteiger partial charge in [-0.05, 0) is 21.5 Å². The Morgan fingerprint density at radius 2 is 2.00 bits per heavy atom. The highest BCUT2D eigenvalue weighted by Gasteiger charge is 2.08. The molecule has 72 valence electrons. The minimum Gasteiger partial charge on any atom is -0.325 e. The fourth-order valence-electron chi connectivity index (χ4n) is 1.20. The highest BCUT2D eigenvalue weighted by atomic mass is 79.9. The average Bonchev–Trinajstić information content (AvgIpc) is 2.61. The largest absolute Gasteiger partial charge is 0.325 e. The maximum Gasteiger partial charge on any atom is 0.125 e. The summed E-state index contributed by atoms with van der Waals surface area (Å²) in [5, 5.41) is 0.954. The number of aromatic nitrogens is 1. The molecule has 2 aromatic rings. The normalized spacial score (nSPS) is 10.4. The van der Waals surface area contributed by atoms with Crippen LogP contribution in [0.25, 0.3) is 10.4 Å². The van der Waals surface area contributed by atoms with Gasteiger partial charge in [0.1, 0.15) is 9.61 Å². The van der Waals surface area contributed by atoms with Gasteiger partial charge < -0.3 is 5.73 Å². The lowest BCUT2D eigenvalue weighted by Gasteiger charge is -1.95. The first-order chi connectivity index (χ1) is 6.81. The van der Waals surface area contributed by atoms with E-state index >= 15 is 0 Å². The van der Waals surface area contributed by atoms with Crippen LogP contribution in [0.1, 0.15) is 5.01 Å². The zero-order valence-corrected chi connectivity index (χ0v) is 9.81. The first-order valence-electron chi connectivity index (χ1n) is 4.22. The number of hydrogen-bond acceptors (Lipinski definition) is 3. The van der Waals surface area contributed by atoms with Gasteiger partial charge in [-0.2, -0.15) is 0 Å². The maximum atomic E-state index is 5.54. The topological polar surface area (TPSA) is 38.9 Å². The molecule has 0 amide bonds. The summed E-state index contributed by atoms with van der Waals surface area (Å²) >= 11 is 5.07. The van der Waals surface area contributed by atoms with Gasteiger partial charge >= 0.3 is 0 Å². The van der Waals surface area contributed by atoms with E-state index in [4.69, 9.17) is 5.73 Å². The van der Waals surface area contributed by atoms with E-state index in [1.165, 1.54) is 5.56 Å². The van der Waals surface area contributed by atoms with E-state index in [1.807, 2.05) is 18.2 Å². The molecule has 2 nitrogen and oxygen atoms in total. The molecule has 0 saturated heterocycles. The van der Waals surface area contributed by atoms with Crippen LogP contribution in [-0.4, -0.2) is 4.98 Å². The zero-order valence-electron chi connectivity index (χ0n) is 7.40. The van der Waals surface area contributed by atoms with Gasteiger partial charge in [0, 0.05) is 6.54 Å². The van der Waals surface area contributed by atoms with Crippen molar-refractivity contribution in [3.63, 3.8) is 0 Å².